The summed E-state index contributed by atoms with van der Waals surface area (Å²) in [6.45, 7) is 1.74. The number of carbonyl (C=O) groups excluding carboxylic acids is 1. The van der Waals surface area contributed by atoms with Gasteiger partial charge in [0.1, 0.15) is 17.4 Å². The number of halogens is 1. The van der Waals surface area contributed by atoms with E-state index < -0.39 is 5.78 Å². The molecule has 0 fully saturated rings. The molecule has 1 aromatic carbocycles. The van der Waals surface area contributed by atoms with Crippen molar-refractivity contribution < 1.29 is 9.32 Å². The fraction of sp³-hybridized carbons (Fsp3) is 0.0714. The lowest BCUT2D eigenvalue weighted by molar-refractivity contribution is 0.103. The summed E-state index contributed by atoms with van der Waals surface area (Å²) in [5, 5.41) is 16.0. The lowest BCUT2D eigenvalue weighted by atomic mass is 10.1. The minimum atomic E-state index is -0.392. The molecule has 0 aliphatic heterocycles. The number of hydrogen-bond acceptors (Lipinski definition) is 5. The van der Waals surface area contributed by atoms with Gasteiger partial charge in [-0.3, -0.25) is 4.79 Å². The van der Waals surface area contributed by atoms with Gasteiger partial charge in [-0.15, -0.1) is 0 Å². The van der Waals surface area contributed by atoms with Crippen molar-refractivity contribution in [1.29, 1.82) is 5.26 Å². The molecule has 0 atom stereocenters. The molecule has 0 spiro atoms. The Bertz CT molecular complexity index is 696. The maximum Gasteiger partial charge on any atom is 0.205 e. The zero-order valence-corrected chi connectivity index (χ0v) is 11.3. The van der Waals surface area contributed by atoms with Crippen LogP contribution in [-0.4, -0.2) is 10.9 Å². The minimum absolute atomic E-state index is 0.0343. The van der Waals surface area contributed by atoms with Crippen LogP contribution in [0.25, 0.3) is 0 Å². The zero-order chi connectivity index (χ0) is 14.5. The largest absolute Gasteiger partial charge is 0.360 e. The van der Waals surface area contributed by atoms with Crippen molar-refractivity contribution in [3.05, 3.63) is 58.5 Å². The molecule has 2 rings (SSSR count). The first kappa shape index (κ1) is 13.8. The van der Waals surface area contributed by atoms with Crippen LogP contribution in [0.5, 0.6) is 0 Å². The molecule has 0 radical (unpaired) electrons. The number of hydrogen-bond donors (Lipinski definition) is 1. The second-order valence-corrected chi connectivity index (χ2v) is 4.41. The Labute approximate surface area is 120 Å². The topological polar surface area (TPSA) is 78.9 Å². The van der Waals surface area contributed by atoms with Gasteiger partial charge in [0, 0.05) is 22.9 Å². The van der Waals surface area contributed by atoms with Gasteiger partial charge in [-0.05, 0) is 31.2 Å². The predicted octanol–water partition coefficient (Wildman–Crippen LogP) is 3.34. The van der Waals surface area contributed by atoms with Crippen molar-refractivity contribution in [2.45, 2.75) is 6.92 Å². The smallest absolute Gasteiger partial charge is 0.205 e. The molecule has 20 heavy (non-hydrogen) atoms. The Balaban J connectivity index is 2.17. The number of allylic oxidation sites excluding steroid dienone is 1. The van der Waals surface area contributed by atoms with Crippen LogP contribution in [0.1, 0.15) is 16.1 Å². The van der Waals surface area contributed by atoms with E-state index in [2.05, 4.69) is 10.5 Å². The van der Waals surface area contributed by atoms with Crippen LogP contribution in [0, 0.1) is 18.3 Å². The van der Waals surface area contributed by atoms with Gasteiger partial charge < -0.3 is 9.84 Å². The van der Waals surface area contributed by atoms with Gasteiger partial charge >= 0.3 is 0 Å². The van der Waals surface area contributed by atoms with Crippen molar-refractivity contribution in [3.8, 4) is 6.07 Å². The molecule has 0 unspecified atom stereocenters. The van der Waals surface area contributed by atoms with Gasteiger partial charge in [0.15, 0.2) is 5.82 Å². The van der Waals surface area contributed by atoms with Crippen molar-refractivity contribution >= 4 is 23.2 Å². The summed E-state index contributed by atoms with van der Waals surface area (Å²) in [6, 6.07) is 9.82. The number of ketones is 1. The van der Waals surface area contributed by atoms with E-state index >= 15 is 0 Å². The second kappa shape index (κ2) is 6.04. The number of benzene rings is 1. The molecule has 0 bridgehead atoms. The summed E-state index contributed by atoms with van der Waals surface area (Å²) in [5.74, 6) is 0.666. The average Bonchev–Trinajstić information content (AvgIpc) is 2.86. The molecular formula is C14H10ClN3O2. The standard InChI is InChI=1S/C14H10ClN3O2/c1-9-6-13(18-20-9)17-8-11(7-16)14(19)10-2-4-12(15)5-3-10/h2-6,8H,1H3,(H,17,18)/b11-8+. The van der Waals surface area contributed by atoms with Crippen LogP contribution in [0.2, 0.25) is 5.02 Å². The molecule has 2 aromatic rings. The number of anilines is 1. The number of carbonyl (C=O) groups is 1. The van der Waals surface area contributed by atoms with Crippen molar-refractivity contribution in [2.24, 2.45) is 0 Å². The van der Waals surface area contributed by atoms with E-state index in [4.69, 9.17) is 21.4 Å². The van der Waals surface area contributed by atoms with Crippen LogP contribution in [-0.2, 0) is 0 Å². The Kier molecular flexibility index (Phi) is 4.18. The minimum Gasteiger partial charge on any atom is -0.360 e. The van der Waals surface area contributed by atoms with E-state index in [0.29, 0.717) is 22.2 Å². The summed E-state index contributed by atoms with van der Waals surface area (Å²) in [4.78, 5) is 12.1. The highest BCUT2D eigenvalue weighted by atomic mass is 35.5. The molecule has 0 saturated heterocycles. The summed E-state index contributed by atoms with van der Waals surface area (Å²) >= 11 is 5.75. The van der Waals surface area contributed by atoms with Gasteiger partial charge in [0.05, 0.1) is 0 Å². The van der Waals surface area contributed by atoms with Gasteiger partial charge in [0.2, 0.25) is 5.78 Å². The molecule has 0 aliphatic rings. The number of rotatable bonds is 4. The lowest BCUT2D eigenvalue weighted by Crippen LogP contribution is -2.04. The number of nitrogens with zero attached hydrogens (tertiary/aromatic N) is 2. The van der Waals surface area contributed by atoms with Gasteiger partial charge in [-0.1, -0.05) is 16.8 Å². The third-order valence-electron chi connectivity index (χ3n) is 2.46. The predicted molar refractivity (Wildman–Crippen MR) is 74.3 cm³/mol. The van der Waals surface area contributed by atoms with Crippen LogP contribution >= 0.6 is 11.6 Å². The first-order valence-electron chi connectivity index (χ1n) is 5.70. The summed E-state index contributed by atoms with van der Waals surface area (Å²) in [6.07, 6.45) is 1.30. The van der Waals surface area contributed by atoms with Gasteiger partial charge in [-0.2, -0.15) is 5.26 Å². The first-order chi connectivity index (χ1) is 9.60. The highest BCUT2D eigenvalue weighted by Crippen LogP contribution is 2.14. The molecule has 1 N–H and O–H groups in total. The maximum absolute atomic E-state index is 12.1. The van der Waals surface area contributed by atoms with Crippen molar-refractivity contribution in [2.75, 3.05) is 5.32 Å². The van der Waals surface area contributed by atoms with E-state index in [1.165, 1.54) is 6.20 Å². The Hall–Kier alpha value is -2.58. The van der Waals surface area contributed by atoms with Crippen LogP contribution in [0.15, 0.2) is 46.6 Å². The summed E-state index contributed by atoms with van der Waals surface area (Å²) < 4.78 is 4.86. The molecule has 0 aliphatic carbocycles. The Morgan fingerprint density at radius 1 is 1.45 bits per heavy atom. The third-order valence-corrected chi connectivity index (χ3v) is 2.72. The maximum atomic E-state index is 12.1. The van der Waals surface area contributed by atoms with E-state index in [1.807, 2.05) is 6.07 Å². The monoisotopic (exact) mass is 287 g/mol. The van der Waals surface area contributed by atoms with Crippen LogP contribution < -0.4 is 5.32 Å². The summed E-state index contributed by atoms with van der Waals surface area (Å²) in [7, 11) is 0. The number of aryl methyl sites for hydroxylation is 1. The fourth-order valence-corrected chi connectivity index (χ4v) is 1.61. The van der Waals surface area contributed by atoms with Gasteiger partial charge in [-0.25, -0.2) is 0 Å². The highest BCUT2D eigenvalue weighted by molar-refractivity contribution is 6.30. The quantitative estimate of drug-likeness (QED) is 0.530. The summed E-state index contributed by atoms with van der Waals surface area (Å²) in [5.41, 5.74) is 0.355. The van der Waals surface area contributed by atoms with E-state index in [-0.39, 0.29) is 5.57 Å². The number of Topliss-reactive ketones (excluding diaryl/α,β-unsaturated/α-hetero) is 1. The number of nitriles is 1. The Morgan fingerprint density at radius 2 is 2.15 bits per heavy atom. The number of aromatic nitrogens is 1. The molecule has 5 nitrogen and oxygen atoms in total. The third kappa shape index (κ3) is 3.25. The van der Waals surface area contributed by atoms with E-state index in [0.717, 1.165) is 0 Å². The Morgan fingerprint density at radius 3 is 2.70 bits per heavy atom. The SMILES string of the molecule is Cc1cc(N/C=C(\C#N)C(=O)c2ccc(Cl)cc2)no1. The fourth-order valence-electron chi connectivity index (χ4n) is 1.49. The zero-order valence-electron chi connectivity index (χ0n) is 10.6. The normalized spacial score (nSPS) is 10.9. The number of nitrogens with one attached hydrogen (secondary N) is 1. The molecular weight excluding hydrogens is 278 g/mol. The first-order valence-corrected chi connectivity index (χ1v) is 6.08. The van der Waals surface area contributed by atoms with E-state index in [1.54, 1.807) is 37.3 Å². The molecule has 1 aromatic heterocycles. The van der Waals surface area contributed by atoms with Crippen LogP contribution in [0.3, 0.4) is 0 Å². The van der Waals surface area contributed by atoms with Crippen molar-refractivity contribution in [3.63, 3.8) is 0 Å². The highest BCUT2D eigenvalue weighted by Gasteiger charge is 2.12. The lowest BCUT2D eigenvalue weighted by Gasteiger charge is -2.00. The van der Waals surface area contributed by atoms with Crippen LogP contribution in [0.4, 0.5) is 5.82 Å². The molecule has 6 heteroatoms. The van der Waals surface area contributed by atoms with Crippen molar-refractivity contribution in [1.82, 2.24) is 5.16 Å². The average molecular weight is 288 g/mol. The molecule has 100 valence electrons. The van der Waals surface area contributed by atoms with E-state index in [9.17, 15) is 4.79 Å². The molecule has 0 saturated carbocycles. The van der Waals surface area contributed by atoms with Gasteiger partial charge in [0.25, 0.3) is 0 Å². The molecule has 1 heterocycles. The molecule has 0 amide bonds. The second-order valence-electron chi connectivity index (χ2n) is 3.97.